The summed E-state index contributed by atoms with van der Waals surface area (Å²) in [7, 11) is 1.48. The maximum absolute atomic E-state index is 13.7. The number of ether oxygens (including phenoxy) is 1. The van der Waals surface area contributed by atoms with Crippen molar-refractivity contribution in [2.24, 2.45) is 0 Å². The molecule has 1 fully saturated rings. The van der Waals surface area contributed by atoms with E-state index in [1.165, 1.54) is 7.11 Å². The number of halogens is 2. The summed E-state index contributed by atoms with van der Waals surface area (Å²) in [4.78, 5) is 2.40. The number of piperazine rings is 1. The molecule has 0 aliphatic carbocycles. The predicted molar refractivity (Wildman–Crippen MR) is 73.7 cm³/mol. The zero-order valence-electron chi connectivity index (χ0n) is 10.5. The fourth-order valence-corrected chi connectivity index (χ4v) is 2.82. The average molecular weight is 317 g/mol. The molecule has 1 aliphatic heterocycles. The predicted octanol–water partition coefficient (Wildman–Crippen LogP) is 2.04. The highest BCUT2D eigenvalue weighted by atomic mass is 79.9. The van der Waals surface area contributed by atoms with Gasteiger partial charge in [-0.25, -0.2) is 4.39 Å². The summed E-state index contributed by atoms with van der Waals surface area (Å²) in [6, 6.07) is 3.50. The van der Waals surface area contributed by atoms with Crippen LogP contribution in [0.25, 0.3) is 0 Å². The minimum absolute atomic E-state index is 0.279. The third-order valence-electron chi connectivity index (χ3n) is 3.19. The van der Waals surface area contributed by atoms with Gasteiger partial charge < -0.3 is 15.0 Å². The van der Waals surface area contributed by atoms with Crippen molar-refractivity contribution in [1.82, 2.24) is 10.2 Å². The standard InChI is InChI=1S/C13H18BrFN2O/c1-18-13-11(14)8-10(9-12(13)15)2-5-17-6-3-16-4-7-17/h8-9,16H,2-7H2,1H3. The minimum Gasteiger partial charge on any atom is -0.492 e. The molecule has 0 unspecified atom stereocenters. The van der Waals surface area contributed by atoms with E-state index in [9.17, 15) is 4.39 Å². The van der Waals surface area contributed by atoms with Crippen molar-refractivity contribution in [3.63, 3.8) is 0 Å². The summed E-state index contributed by atoms with van der Waals surface area (Å²) in [5.41, 5.74) is 0.999. The number of nitrogens with zero attached hydrogens (tertiary/aromatic N) is 1. The Balaban J connectivity index is 1.96. The SMILES string of the molecule is COc1c(F)cc(CCN2CCNCC2)cc1Br. The van der Waals surface area contributed by atoms with E-state index in [-0.39, 0.29) is 11.6 Å². The molecular weight excluding hydrogens is 299 g/mol. The first-order chi connectivity index (χ1) is 8.70. The van der Waals surface area contributed by atoms with Gasteiger partial charge >= 0.3 is 0 Å². The van der Waals surface area contributed by atoms with Crippen molar-refractivity contribution in [2.45, 2.75) is 6.42 Å². The number of hydrogen-bond acceptors (Lipinski definition) is 3. The van der Waals surface area contributed by atoms with Crippen molar-refractivity contribution in [3.05, 3.63) is 28.0 Å². The van der Waals surface area contributed by atoms with Crippen molar-refractivity contribution >= 4 is 15.9 Å². The Morgan fingerprint density at radius 2 is 2.11 bits per heavy atom. The number of rotatable bonds is 4. The molecule has 0 atom stereocenters. The van der Waals surface area contributed by atoms with E-state index in [0.29, 0.717) is 4.47 Å². The molecule has 100 valence electrons. The Hall–Kier alpha value is -0.650. The summed E-state index contributed by atoms with van der Waals surface area (Å²) in [5.74, 6) is -0.0249. The molecule has 2 rings (SSSR count). The topological polar surface area (TPSA) is 24.5 Å². The van der Waals surface area contributed by atoms with Crippen LogP contribution in [0.3, 0.4) is 0 Å². The Bertz CT molecular complexity index is 385. The summed E-state index contributed by atoms with van der Waals surface area (Å²) >= 11 is 3.34. The lowest BCUT2D eigenvalue weighted by Crippen LogP contribution is -2.44. The molecule has 0 spiro atoms. The van der Waals surface area contributed by atoms with Crippen LogP contribution in [-0.2, 0) is 6.42 Å². The molecule has 0 saturated carbocycles. The van der Waals surface area contributed by atoms with Crippen molar-refractivity contribution in [2.75, 3.05) is 39.8 Å². The van der Waals surface area contributed by atoms with Crippen LogP contribution >= 0.6 is 15.9 Å². The van der Waals surface area contributed by atoms with Gasteiger partial charge in [0.25, 0.3) is 0 Å². The van der Waals surface area contributed by atoms with E-state index >= 15 is 0 Å². The molecule has 1 saturated heterocycles. The average Bonchev–Trinajstić information content (AvgIpc) is 2.37. The van der Waals surface area contributed by atoms with Gasteiger partial charge in [0.15, 0.2) is 11.6 Å². The molecule has 1 aromatic carbocycles. The molecule has 1 aromatic rings. The van der Waals surface area contributed by atoms with E-state index in [1.807, 2.05) is 6.07 Å². The molecule has 18 heavy (non-hydrogen) atoms. The second-order valence-electron chi connectivity index (χ2n) is 4.43. The van der Waals surface area contributed by atoms with Gasteiger partial charge in [-0.15, -0.1) is 0 Å². The van der Waals surface area contributed by atoms with Gasteiger partial charge in [-0.3, -0.25) is 0 Å². The highest BCUT2D eigenvalue weighted by molar-refractivity contribution is 9.10. The highest BCUT2D eigenvalue weighted by Crippen LogP contribution is 2.29. The van der Waals surface area contributed by atoms with Crippen LogP contribution in [0.5, 0.6) is 5.75 Å². The fraction of sp³-hybridized carbons (Fsp3) is 0.538. The summed E-state index contributed by atoms with van der Waals surface area (Å²) in [5, 5.41) is 3.32. The number of benzene rings is 1. The van der Waals surface area contributed by atoms with Crippen LogP contribution in [0.4, 0.5) is 4.39 Å². The van der Waals surface area contributed by atoms with Crippen LogP contribution < -0.4 is 10.1 Å². The summed E-state index contributed by atoms with van der Waals surface area (Å²) in [6.45, 7) is 5.20. The lowest BCUT2D eigenvalue weighted by Gasteiger charge is -2.27. The monoisotopic (exact) mass is 316 g/mol. The molecule has 1 heterocycles. The van der Waals surface area contributed by atoms with Crippen LogP contribution in [0.15, 0.2) is 16.6 Å². The quantitative estimate of drug-likeness (QED) is 0.920. The molecule has 0 bridgehead atoms. The highest BCUT2D eigenvalue weighted by Gasteiger charge is 2.12. The Labute approximate surface area is 115 Å². The molecule has 1 aliphatic rings. The smallest absolute Gasteiger partial charge is 0.168 e. The zero-order valence-corrected chi connectivity index (χ0v) is 12.1. The van der Waals surface area contributed by atoms with Crippen molar-refractivity contribution in [3.8, 4) is 5.75 Å². The largest absolute Gasteiger partial charge is 0.492 e. The first-order valence-corrected chi connectivity index (χ1v) is 6.95. The molecular formula is C13H18BrFN2O. The molecule has 0 aromatic heterocycles. The van der Waals surface area contributed by atoms with Gasteiger partial charge in [-0.1, -0.05) is 0 Å². The molecule has 0 amide bonds. The van der Waals surface area contributed by atoms with Gasteiger partial charge in [0.2, 0.25) is 0 Å². The second kappa shape index (κ2) is 6.50. The van der Waals surface area contributed by atoms with Crippen LogP contribution in [0.2, 0.25) is 0 Å². The Morgan fingerprint density at radius 1 is 1.39 bits per heavy atom. The fourth-order valence-electron chi connectivity index (χ4n) is 2.17. The Morgan fingerprint density at radius 3 is 2.72 bits per heavy atom. The molecule has 1 N–H and O–H groups in total. The maximum atomic E-state index is 13.7. The van der Waals surface area contributed by atoms with Gasteiger partial charge in [0.1, 0.15) is 0 Å². The van der Waals surface area contributed by atoms with Gasteiger partial charge in [-0.05, 0) is 40.0 Å². The number of hydrogen-bond donors (Lipinski definition) is 1. The summed E-state index contributed by atoms with van der Waals surface area (Å²) in [6.07, 6.45) is 0.861. The minimum atomic E-state index is -0.304. The van der Waals surface area contributed by atoms with E-state index in [2.05, 4.69) is 26.1 Å². The normalized spacial score (nSPS) is 16.8. The Kier molecular flexibility index (Phi) is 4.97. The van der Waals surface area contributed by atoms with Crippen molar-refractivity contribution < 1.29 is 9.13 Å². The third-order valence-corrected chi connectivity index (χ3v) is 3.78. The van der Waals surface area contributed by atoms with Gasteiger partial charge in [-0.2, -0.15) is 0 Å². The lowest BCUT2D eigenvalue weighted by atomic mass is 10.1. The maximum Gasteiger partial charge on any atom is 0.168 e. The third kappa shape index (κ3) is 3.43. The molecule has 3 nitrogen and oxygen atoms in total. The first kappa shape index (κ1) is 13.8. The van der Waals surface area contributed by atoms with E-state index in [1.54, 1.807) is 6.07 Å². The van der Waals surface area contributed by atoms with E-state index < -0.39 is 0 Å². The van der Waals surface area contributed by atoms with Crippen molar-refractivity contribution in [1.29, 1.82) is 0 Å². The van der Waals surface area contributed by atoms with Crippen LogP contribution in [0, 0.1) is 5.82 Å². The first-order valence-electron chi connectivity index (χ1n) is 6.15. The molecule has 0 radical (unpaired) electrons. The van der Waals surface area contributed by atoms with Crippen LogP contribution in [-0.4, -0.2) is 44.7 Å². The lowest BCUT2D eigenvalue weighted by molar-refractivity contribution is 0.244. The number of methoxy groups -OCH3 is 1. The second-order valence-corrected chi connectivity index (χ2v) is 5.29. The van der Waals surface area contributed by atoms with Crippen LogP contribution in [0.1, 0.15) is 5.56 Å². The van der Waals surface area contributed by atoms with Gasteiger partial charge in [0.05, 0.1) is 11.6 Å². The van der Waals surface area contributed by atoms with E-state index in [0.717, 1.165) is 44.7 Å². The summed E-state index contributed by atoms with van der Waals surface area (Å²) < 4.78 is 19.4. The molecule has 5 heteroatoms. The number of nitrogens with one attached hydrogen (secondary N) is 1. The van der Waals surface area contributed by atoms with Gasteiger partial charge in [0, 0.05) is 32.7 Å². The van der Waals surface area contributed by atoms with E-state index in [4.69, 9.17) is 4.74 Å². The zero-order chi connectivity index (χ0) is 13.0.